The Balaban J connectivity index is 2.18. The van der Waals surface area contributed by atoms with E-state index in [9.17, 15) is 9.18 Å². The van der Waals surface area contributed by atoms with E-state index in [1.54, 1.807) is 24.9 Å². The molecule has 1 aromatic heterocycles. The molecule has 0 aliphatic heterocycles. The van der Waals surface area contributed by atoms with Crippen LogP contribution < -0.4 is 4.90 Å². The topological polar surface area (TPSA) is 42.4 Å². The molecule has 7 heteroatoms. The molecule has 0 unspecified atom stereocenters. The van der Waals surface area contributed by atoms with Gasteiger partial charge in [-0.25, -0.2) is 14.2 Å². The first-order valence-corrected chi connectivity index (χ1v) is 7.32. The quantitative estimate of drug-likeness (QED) is 0.803. The number of aromatic nitrogens is 1. The van der Waals surface area contributed by atoms with Crippen molar-refractivity contribution in [3.8, 4) is 0 Å². The van der Waals surface area contributed by atoms with Crippen molar-refractivity contribution in [1.29, 1.82) is 0 Å². The lowest BCUT2D eigenvalue weighted by atomic mass is 10.1. The van der Waals surface area contributed by atoms with Gasteiger partial charge in [0, 0.05) is 13.6 Å². The van der Waals surface area contributed by atoms with E-state index in [0.717, 1.165) is 16.9 Å². The molecule has 4 nitrogen and oxygen atoms in total. The van der Waals surface area contributed by atoms with E-state index in [0.29, 0.717) is 17.2 Å². The fourth-order valence-corrected chi connectivity index (χ4v) is 2.91. The fraction of sp³-hybridized carbons (Fsp3) is 0.286. The molecule has 0 saturated carbocycles. The third-order valence-corrected chi connectivity index (χ3v) is 4.46. The minimum Gasteiger partial charge on any atom is -0.465 e. The van der Waals surface area contributed by atoms with Crippen LogP contribution in [0.4, 0.5) is 9.52 Å². The van der Waals surface area contributed by atoms with Crippen LogP contribution in [0.2, 0.25) is 5.15 Å². The summed E-state index contributed by atoms with van der Waals surface area (Å²) in [6, 6.07) is 5.07. The summed E-state index contributed by atoms with van der Waals surface area (Å²) in [5.74, 6) is -0.758. The average Bonchev–Trinajstić information content (AvgIpc) is 2.84. The molecule has 0 saturated heterocycles. The smallest absolute Gasteiger partial charge is 0.351 e. The Labute approximate surface area is 131 Å². The highest BCUT2D eigenvalue weighted by Gasteiger charge is 2.19. The summed E-state index contributed by atoms with van der Waals surface area (Å²) in [5, 5.41) is 0.685. The van der Waals surface area contributed by atoms with Crippen LogP contribution in [0.5, 0.6) is 0 Å². The second-order valence-corrected chi connectivity index (χ2v) is 5.88. The lowest BCUT2D eigenvalue weighted by molar-refractivity contribution is 0.0606. The lowest BCUT2D eigenvalue weighted by Crippen LogP contribution is -2.16. The van der Waals surface area contributed by atoms with E-state index >= 15 is 0 Å². The molecule has 2 rings (SSSR count). The molecule has 1 heterocycles. The minimum atomic E-state index is -0.515. The molecule has 112 valence electrons. The lowest BCUT2D eigenvalue weighted by Gasteiger charge is -2.15. The van der Waals surface area contributed by atoms with Gasteiger partial charge in [0.1, 0.15) is 5.82 Å². The number of esters is 1. The van der Waals surface area contributed by atoms with Crippen molar-refractivity contribution in [3.05, 3.63) is 45.2 Å². The second kappa shape index (κ2) is 6.41. The molecule has 2 aromatic rings. The number of carbonyl (C=O) groups excluding carboxylic acids is 1. The molecule has 0 fully saturated rings. The number of benzene rings is 1. The maximum atomic E-state index is 13.5. The summed E-state index contributed by atoms with van der Waals surface area (Å²) < 4.78 is 18.2. The Morgan fingerprint density at radius 2 is 2.24 bits per heavy atom. The van der Waals surface area contributed by atoms with Gasteiger partial charge in [-0.3, -0.25) is 0 Å². The van der Waals surface area contributed by atoms with Crippen molar-refractivity contribution in [2.75, 3.05) is 19.1 Å². The number of anilines is 1. The molecular formula is C14H14ClFN2O2S. The first-order valence-electron chi connectivity index (χ1n) is 6.13. The van der Waals surface area contributed by atoms with Crippen LogP contribution in [-0.2, 0) is 11.3 Å². The summed E-state index contributed by atoms with van der Waals surface area (Å²) in [6.07, 6.45) is 0. The van der Waals surface area contributed by atoms with E-state index < -0.39 is 5.97 Å². The molecule has 1 aromatic carbocycles. The van der Waals surface area contributed by atoms with Crippen molar-refractivity contribution in [3.63, 3.8) is 0 Å². The summed E-state index contributed by atoms with van der Waals surface area (Å²) in [4.78, 5) is 17.7. The highest BCUT2D eigenvalue weighted by atomic mass is 35.5. The standard InChI is InChI=1S/C14H14ClFN2O2S/c1-8-4-5-9(6-10(8)16)7-18(2)14-17-12(15)11(21-14)13(19)20-3/h4-6H,7H2,1-3H3. The predicted molar refractivity (Wildman–Crippen MR) is 81.7 cm³/mol. The minimum absolute atomic E-state index is 0.115. The fourth-order valence-electron chi connectivity index (χ4n) is 1.75. The summed E-state index contributed by atoms with van der Waals surface area (Å²) in [7, 11) is 3.09. The highest BCUT2D eigenvalue weighted by Crippen LogP contribution is 2.30. The number of rotatable bonds is 4. The van der Waals surface area contributed by atoms with Gasteiger partial charge in [-0.15, -0.1) is 0 Å². The van der Waals surface area contributed by atoms with Gasteiger partial charge in [0.05, 0.1) is 7.11 Å². The number of aryl methyl sites for hydroxylation is 1. The summed E-state index contributed by atoms with van der Waals surface area (Å²) >= 11 is 7.06. The molecule has 0 radical (unpaired) electrons. The Bertz CT molecular complexity index is 675. The first-order chi connectivity index (χ1) is 9.92. The largest absolute Gasteiger partial charge is 0.465 e. The Morgan fingerprint density at radius 3 is 2.86 bits per heavy atom. The molecule has 21 heavy (non-hydrogen) atoms. The number of methoxy groups -OCH3 is 1. The van der Waals surface area contributed by atoms with E-state index in [4.69, 9.17) is 11.6 Å². The van der Waals surface area contributed by atoms with E-state index in [1.807, 2.05) is 6.07 Å². The Kier molecular flexibility index (Phi) is 4.80. The first kappa shape index (κ1) is 15.7. The number of ether oxygens (including phenoxy) is 1. The molecule has 0 amide bonds. The summed E-state index contributed by atoms with van der Waals surface area (Å²) in [5.41, 5.74) is 1.42. The van der Waals surface area contributed by atoms with Gasteiger partial charge >= 0.3 is 5.97 Å². The van der Waals surface area contributed by atoms with Gasteiger partial charge in [0.2, 0.25) is 0 Å². The number of halogens is 2. The van der Waals surface area contributed by atoms with Gasteiger partial charge in [-0.1, -0.05) is 35.1 Å². The number of thiazole rings is 1. The molecule has 0 atom stereocenters. The van der Waals surface area contributed by atoms with Crippen LogP contribution >= 0.6 is 22.9 Å². The molecule has 0 aliphatic rings. The van der Waals surface area contributed by atoms with Crippen LogP contribution in [0, 0.1) is 12.7 Å². The van der Waals surface area contributed by atoms with Crippen LogP contribution in [-0.4, -0.2) is 25.1 Å². The maximum absolute atomic E-state index is 13.5. The molecule has 0 bridgehead atoms. The van der Waals surface area contributed by atoms with Crippen molar-refractivity contribution < 1.29 is 13.9 Å². The molecule has 0 N–H and O–H groups in total. The van der Waals surface area contributed by atoms with Crippen LogP contribution in [0.3, 0.4) is 0 Å². The zero-order valence-corrected chi connectivity index (χ0v) is 13.4. The van der Waals surface area contributed by atoms with E-state index in [2.05, 4.69) is 9.72 Å². The van der Waals surface area contributed by atoms with Crippen molar-refractivity contribution in [2.45, 2.75) is 13.5 Å². The summed E-state index contributed by atoms with van der Waals surface area (Å²) in [6.45, 7) is 2.17. The number of carbonyl (C=O) groups is 1. The van der Waals surface area contributed by atoms with Crippen LogP contribution in [0.15, 0.2) is 18.2 Å². The molecule has 0 aliphatic carbocycles. The van der Waals surface area contributed by atoms with Crippen molar-refractivity contribution in [2.24, 2.45) is 0 Å². The third-order valence-electron chi connectivity index (χ3n) is 2.93. The van der Waals surface area contributed by atoms with Crippen molar-refractivity contribution in [1.82, 2.24) is 4.98 Å². The molecule has 0 spiro atoms. The Morgan fingerprint density at radius 1 is 1.52 bits per heavy atom. The van der Waals surface area contributed by atoms with Gasteiger partial charge in [-0.05, 0) is 24.1 Å². The van der Waals surface area contributed by atoms with E-state index in [1.165, 1.54) is 13.2 Å². The normalized spacial score (nSPS) is 10.5. The number of hydrogen-bond donors (Lipinski definition) is 0. The highest BCUT2D eigenvalue weighted by molar-refractivity contribution is 7.18. The van der Waals surface area contributed by atoms with Gasteiger partial charge in [0.15, 0.2) is 15.2 Å². The van der Waals surface area contributed by atoms with Crippen LogP contribution in [0.25, 0.3) is 0 Å². The zero-order chi connectivity index (χ0) is 15.6. The average molecular weight is 329 g/mol. The van der Waals surface area contributed by atoms with Gasteiger partial charge in [0.25, 0.3) is 0 Å². The maximum Gasteiger partial charge on any atom is 0.351 e. The molecular weight excluding hydrogens is 315 g/mol. The SMILES string of the molecule is COC(=O)c1sc(N(C)Cc2ccc(C)c(F)c2)nc1Cl. The predicted octanol–water partition coefficient (Wildman–Crippen LogP) is 3.67. The third kappa shape index (κ3) is 3.51. The zero-order valence-electron chi connectivity index (χ0n) is 11.8. The van der Waals surface area contributed by atoms with Gasteiger partial charge in [-0.2, -0.15) is 0 Å². The van der Waals surface area contributed by atoms with Crippen molar-refractivity contribution >= 4 is 34.0 Å². The number of hydrogen-bond acceptors (Lipinski definition) is 5. The second-order valence-electron chi connectivity index (χ2n) is 4.55. The number of nitrogens with zero attached hydrogens (tertiary/aromatic N) is 2. The monoisotopic (exact) mass is 328 g/mol. The van der Waals surface area contributed by atoms with E-state index in [-0.39, 0.29) is 15.8 Å². The van der Waals surface area contributed by atoms with Crippen LogP contribution in [0.1, 0.15) is 20.8 Å². The van der Waals surface area contributed by atoms with Gasteiger partial charge < -0.3 is 9.64 Å². The Hall–Kier alpha value is -1.66.